The number of urea groups is 1. The lowest BCUT2D eigenvalue weighted by molar-refractivity contribution is -0.134. The summed E-state index contributed by atoms with van der Waals surface area (Å²) in [5, 5.41) is 9.94. The van der Waals surface area contributed by atoms with E-state index in [4.69, 9.17) is 4.55 Å². The van der Waals surface area contributed by atoms with Crippen molar-refractivity contribution in [2.24, 2.45) is 0 Å². The summed E-state index contributed by atoms with van der Waals surface area (Å²) in [7, 11) is -1.55. The van der Waals surface area contributed by atoms with Gasteiger partial charge in [0, 0.05) is 50.2 Å². The number of rotatable bonds is 9. The number of hydrogen-bond donors (Lipinski definition) is 1. The average Bonchev–Trinajstić information content (AvgIpc) is 3.22. The van der Waals surface area contributed by atoms with E-state index in [0.717, 1.165) is 32.3 Å². The fraction of sp³-hybridized carbons (Fsp3) is 0.323. The molecule has 0 spiro atoms. The smallest absolute Gasteiger partial charge is 0.333 e. The van der Waals surface area contributed by atoms with Crippen molar-refractivity contribution in [3.63, 3.8) is 0 Å². The molecular weight excluding hydrogens is 713 g/mol. The molecular formula is C31H32IN5O7S. The molecule has 1 aromatic carbocycles. The van der Waals surface area contributed by atoms with E-state index in [1.54, 1.807) is 11.0 Å². The second-order valence-corrected chi connectivity index (χ2v) is 13.5. The van der Waals surface area contributed by atoms with Gasteiger partial charge in [-0.05, 0) is 53.5 Å². The third-order valence-corrected chi connectivity index (χ3v) is 9.32. The number of carbonyl (C=O) groups is 4. The Bertz CT molecular complexity index is 1760. The molecule has 1 fully saturated rings. The van der Waals surface area contributed by atoms with E-state index in [1.165, 1.54) is 32.3 Å². The van der Waals surface area contributed by atoms with E-state index >= 15 is 0 Å². The van der Waals surface area contributed by atoms with Crippen molar-refractivity contribution in [2.45, 2.75) is 32.2 Å². The molecule has 1 N–H and O–H groups in total. The lowest BCUT2D eigenvalue weighted by Gasteiger charge is -2.28. The number of likely N-dealkylation sites (N-methyl/N-ethyl adjacent to an activating group) is 2. The Labute approximate surface area is 275 Å². The van der Waals surface area contributed by atoms with Crippen molar-refractivity contribution in [3.8, 4) is 6.07 Å². The summed E-state index contributed by atoms with van der Waals surface area (Å²) < 4.78 is 31.6. The quantitative estimate of drug-likeness (QED) is 0.0996. The zero-order chi connectivity index (χ0) is 33.3. The van der Waals surface area contributed by atoms with Gasteiger partial charge in [0.2, 0.25) is 5.91 Å². The van der Waals surface area contributed by atoms with E-state index in [0.29, 0.717) is 11.1 Å². The van der Waals surface area contributed by atoms with Crippen molar-refractivity contribution in [3.05, 3.63) is 88.3 Å². The lowest BCUT2D eigenvalue weighted by atomic mass is 9.82. The number of benzene rings is 1. The van der Waals surface area contributed by atoms with E-state index in [-0.39, 0.29) is 35.4 Å². The summed E-state index contributed by atoms with van der Waals surface area (Å²) in [6.45, 7) is 4.57. The van der Waals surface area contributed by atoms with E-state index in [1.807, 2.05) is 58.0 Å². The van der Waals surface area contributed by atoms with Gasteiger partial charge >= 0.3 is 6.03 Å². The predicted octanol–water partition coefficient (Wildman–Crippen LogP) is 3.59. The minimum Gasteiger partial charge on any atom is -0.338 e. The van der Waals surface area contributed by atoms with Gasteiger partial charge in [0.25, 0.3) is 21.9 Å². The number of anilines is 1. The van der Waals surface area contributed by atoms with Gasteiger partial charge in [0.05, 0.1) is 21.8 Å². The number of alkyl halides is 1. The zero-order valence-electron chi connectivity index (χ0n) is 25.2. The molecule has 0 radical (unpaired) electrons. The summed E-state index contributed by atoms with van der Waals surface area (Å²) >= 11 is 1.97. The summed E-state index contributed by atoms with van der Waals surface area (Å²) in [6.07, 6.45) is 9.92. The monoisotopic (exact) mass is 745 g/mol. The first-order valence-corrected chi connectivity index (χ1v) is 17.0. The Kier molecular flexibility index (Phi) is 9.85. The van der Waals surface area contributed by atoms with Gasteiger partial charge in [-0.25, -0.2) is 4.79 Å². The fourth-order valence-electron chi connectivity index (χ4n) is 5.36. The number of nitrogens with zero attached hydrogens (tertiary/aromatic N) is 5. The van der Waals surface area contributed by atoms with Gasteiger partial charge in [-0.2, -0.15) is 13.7 Å². The van der Waals surface area contributed by atoms with Crippen LogP contribution in [0.5, 0.6) is 0 Å². The Morgan fingerprint density at radius 1 is 1.16 bits per heavy atom. The van der Waals surface area contributed by atoms with Crippen LogP contribution in [-0.4, -0.2) is 82.2 Å². The molecule has 14 heteroatoms. The molecule has 12 nitrogen and oxygen atoms in total. The third kappa shape index (κ3) is 6.95. The van der Waals surface area contributed by atoms with Gasteiger partial charge < -0.3 is 9.80 Å². The molecule has 0 bridgehead atoms. The standard InChI is InChI=1S/C31H32IN5O7S/c1-31(2)24-15-20(19-36(27(38)17-32)12-6-14-45(42,43)44)9-10-25(24)37-13-11-21(16-26(31)37)22(18-33)7-5-8-23-28(39)34(3)30(41)35(4)29(23)40/h5,7-11,13,15-16H,6,12,14,17,19H2,1-4H3,(H,42,43,44). The van der Waals surface area contributed by atoms with Crippen LogP contribution < -0.4 is 4.90 Å². The van der Waals surface area contributed by atoms with Crippen LogP contribution in [-0.2, 0) is 36.5 Å². The number of allylic oxidation sites excluding steroid dienone is 8. The molecule has 0 saturated carbocycles. The third-order valence-electron chi connectivity index (χ3n) is 7.86. The predicted molar refractivity (Wildman–Crippen MR) is 175 cm³/mol. The van der Waals surface area contributed by atoms with Gasteiger partial charge in [-0.1, -0.05) is 54.6 Å². The molecule has 0 aliphatic carbocycles. The Morgan fingerprint density at radius 2 is 1.82 bits per heavy atom. The Balaban J connectivity index is 1.60. The highest BCUT2D eigenvalue weighted by Gasteiger charge is 2.41. The molecule has 5 amide bonds. The number of halogens is 1. The second kappa shape index (κ2) is 13.1. The number of carbonyl (C=O) groups excluding carboxylic acids is 4. The SMILES string of the molecule is CN1C(=O)C(=CC=CC(C#N)=C2C=CN3C(=C2)C(C)(C)c2cc(CN(CCCS(=O)(=O)O)C(=O)CI)ccc23)C(=O)N(C)C1=O. The first-order valence-electron chi connectivity index (χ1n) is 13.9. The van der Waals surface area contributed by atoms with Crippen LogP contribution in [0.15, 0.2) is 77.2 Å². The number of nitriles is 1. The van der Waals surface area contributed by atoms with Gasteiger partial charge in [-0.3, -0.25) is 28.7 Å². The number of hydrogen-bond acceptors (Lipinski definition) is 8. The molecule has 1 saturated heterocycles. The van der Waals surface area contributed by atoms with Crippen molar-refractivity contribution >= 4 is 62.1 Å². The van der Waals surface area contributed by atoms with Crippen LogP contribution in [0.3, 0.4) is 0 Å². The van der Waals surface area contributed by atoms with Gasteiger partial charge in [-0.15, -0.1) is 0 Å². The lowest BCUT2D eigenvalue weighted by Crippen LogP contribution is -2.52. The van der Waals surface area contributed by atoms with Crippen LogP contribution in [0.4, 0.5) is 10.5 Å². The minimum atomic E-state index is -4.12. The summed E-state index contributed by atoms with van der Waals surface area (Å²) in [5.41, 5.74) is 3.98. The zero-order valence-corrected chi connectivity index (χ0v) is 28.1. The first-order chi connectivity index (χ1) is 21.1. The van der Waals surface area contributed by atoms with Crippen molar-refractivity contribution in [2.75, 3.05) is 35.7 Å². The number of amides is 5. The average molecular weight is 746 g/mol. The summed E-state index contributed by atoms with van der Waals surface area (Å²) in [4.78, 5) is 54.8. The highest BCUT2D eigenvalue weighted by molar-refractivity contribution is 14.1. The van der Waals surface area contributed by atoms with Crippen molar-refractivity contribution in [1.82, 2.24) is 14.7 Å². The maximum atomic E-state index is 12.6. The van der Waals surface area contributed by atoms with Crippen molar-refractivity contribution in [1.29, 1.82) is 5.26 Å². The van der Waals surface area contributed by atoms with Crippen LogP contribution in [0.1, 0.15) is 31.4 Å². The molecule has 236 valence electrons. The maximum Gasteiger partial charge on any atom is 0.333 e. The fourth-order valence-corrected chi connectivity index (χ4v) is 6.33. The Hall–Kier alpha value is -4.07. The molecule has 0 aromatic heterocycles. The summed E-state index contributed by atoms with van der Waals surface area (Å²) in [6, 6.07) is 7.36. The molecule has 0 atom stereocenters. The molecule has 3 aliphatic rings. The molecule has 1 aromatic rings. The highest BCUT2D eigenvalue weighted by Crippen LogP contribution is 2.50. The van der Waals surface area contributed by atoms with Crippen LogP contribution in [0.25, 0.3) is 0 Å². The molecule has 0 unspecified atom stereocenters. The van der Waals surface area contributed by atoms with Crippen LogP contribution >= 0.6 is 22.6 Å². The van der Waals surface area contributed by atoms with E-state index < -0.39 is 39.1 Å². The van der Waals surface area contributed by atoms with Gasteiger partial charge in [0.15, 0.2) is 0 Å². The maximum absolute atomic E-state index is 12.6. The van der Waals surface area contributed by atoms with Crippen LogP contribution in [0.2, 0.25) is 0 Å². The van der Waals surface area contributed by atoms with E-state index in [2.05, 4.69) is 19.9 Å². The number of barbiturate groups is 1. The minimum absolute atomic E-state index is 0.116. The summed E-state index contributed by atoms with van der Waals surface area (Å²) in [5.74, 6) is -2.01. The topological polar surface area (TPSA) is 159 Å². The molecule has 45 heavy (non-hydrogen) atoms. The molecule has 3 heterocycles. The van der Waals surface area contributed by atoms with Crippen LogP contribution in [0, 0.1) is 11.3 Å². The first kappa shape index (κ1) is 33.8. The van der Waals surface area contributed by atoms with Crippen molar-refractivity contribution < 1.29 is 32.1 Å². The largest absolute Gasteiger partial charge is 0.338 e. The Morgan fingerprint density at radius 3 is 2.42 bits per heavy atom. The molecule has 3 aliphatic heterocycles. The highest BCUT2D eigenvalue weighted by atomic mass is 127. The normalized spacial score (nSPS) is 18.6. The van der Waals surface area contributed by atoms with E-state index in [9.17, 15) is 32.9 Å². The number of imide groups is 2. The second-order valence-electron chi connectivity index (χ2n) is 11.2. The molecule has 4 rings (SSSR count). The number of fused-ring (bicyclic) bond motifs is 3. The van der Waals surface area contributed by atoms with Gasteiger partial charge in [0.1, 0.15) is 5.57 Å².